The van der Waals surface area contributed by atoms with Crippen molar-refractivity contribution < 1.29 is 5.11 Å². The van der Waals surface area contributed by atoms with Crippen molar-refractivity contribution in [3.8, 4) is 0 Å². The van der Waals surface area contributed by atoms with E-state index in [2.05, 4.69) is 26.3 Å². The summed E-state index contributed by atoms with van der Waals surface area (Å²) in [6.45, 7) is 7.18. The monoisotopic (exact) mass is 331 g/mol. The number of anilines is 1. The van der Waals surface area contributed by atoms with Crippen molar-refractivity contribution >= 4 is 21.6 Å². The topological polar surface area (TPSA) is 67.2 Å². The highest BCUT2D eigenvalue weighted by Crippen LogP contribution is 2.16. The molecule has 0 bridgehead atoms. The van der Waals surface area contributed by atoms with Crippen LogP contribution in [0.1, 0.15) is 33.6 Å². The van der Waals surface area contributed by atoms with Crippen molar-refractivity contribution in [1.82, 2.24) is 9.78 Å². The molecule has 108 valence electrons. The van der Waals surface area contributed by atoms with Gasteiger partial charge < -0.3 is 10.4 Å². The minimum atomic E-state index is -0.289. The molecule has 1 heterocycles. The maximum absolute atomic E-state index is 12.0. The third kappa shape index (κ3) is 5.32. The van der Waals surface area contributed by atoms with Gasteiger partial charge in [0.2, 0.25) is 0 Å². The first kappa shape index (κ1) is 16.2. The summed E-state index contributed by atoms with van der Waals surface area (Å²) in [6, 6.07) is 0. The molecular formula is C13H22BrN3O2. The number of aliphatic hydroxyl groups is 1. The van der Waals surface area contributed by atoms with Crippen molar-refractivity contribution in [3.05, 3.63) is 21.0 Å². The van der Waals surface area contributed by atoms with Crippen LogP contribution in [-0.2, 0) is 6.54 Å². The third-order valence-corrected chi connectivity index (χ3v) is 3.40. The fourth-order valence-corrected chi connectivity index (χ4v) is 2.13. The summed E-state index contributed by atoms with van der Waals surface area (Å²) >= 11 is 3.32. The molecular weight excluding hydrogens is 310 g/mol. The summed E-state index contributed by atoms with van der Waals surface area (Å²) < 4.78 is 1.98. The summed E-state index contributed by atoms with van der Waals surface area (Å²) in [6.07, 6.45) is 2.96. The van der Waals surface area contributed by atoms with Gasteiger partial charge in [0, 0.05) is 13.1 Å². The second-order valence-corrected chi connectivity index (χ2v) is 5.96. The van der Waals surface area contributed by atoms with E-state index in [1.165, 1.54) is 4.68 Å². The molecule has 0 aromatic carbocycles. The van der Waals surface area contributed by atoms with Crippen LogP contribution in [0.3, 0.4) is 0 Å². The van der Waals surface area contributed by atoms with Gasteiger partial charge in [-0.25, -0.2) is 4.68 Å². The fourth-order valence-electron chi connectivity index (χ4n) is 1.68. The molecule has 19 heavy (non-hydrogen) atoms. The van der Waals surface area contributed by atoms with Gasteiger partial charge in [-0.1, -0.05) is 13.8 Å². The van der Waals surface area contributed by atoms with Crippen molar-refractivity contribution in [2.45, 2.75) is 46.3 Å². The third-order valence-electron chi connectivity index (χ3n) is 2.64. The molecule has 0 spiro atoms. The zero-order chi connectivity index (χ0) is 14.4. The molecule has 0 amide bonds. The van der Waals surface area contributed by atoms with Crippen LogP contribution in [0, 0.1) is 5.92 Å². The second kappa shape index (κ2) is 7.65. The molecule has 0 fully saturated rings. The van der Waals surface area contributed by atoms with E-state index in [9.17, 15) is 4.79 Å². The van der Waals surface area contributed by atoms with E-state index in [1.807, 2.05) is 13.8 Å². The summed E-state index contributed by atoms with van der Waals surface area (Å²) in [5.74, 6) is 0.377. The number of hydrogen-bond donors (Lipinski definition) is 2. The van der Waals surface area contributed by atoms with Crippen molar-refractivity contribution in [2.24, 2.45) is 5.92 Å². The van der Waals surface area contributed by atoms with Gasteiger partial charge in [-0.05, 0) is 41.6 Å². The lowest BCUT2D eigenvalue weighted by molar-refractivity contribution is 0.183. The molecule has 0 aliphatic heterocycles. The molecule has 0 aliphatic rings. The number of nitrogens with one attached hydrogen (secondary N) is 1. The van der Waals surface area contributed by atoms with E-state index >= 15 is 0 Å². The van der Waals surface area contributed by atoms with Gasteiger partial charge in [-0.2, -0.15) is 5.10 Å². The molecule has 5 nitrogen and oxygen atoms in total. The normalized spacial score (nSPS) is 12.7. The summed E-state index contributed by atoms with van der Waals surface area (Å²) in [7, 11) is 0. The highest BCUT2D eigenvalue weighted by Gasteiger charge is 2.09. The van der Waals surface area contributed by atoms with Gasteiger partial charge in [-0.3, -0.25) is 4.79 Å². The van der Waals surface area contributed by atoms with Gasteiger partial charge in [-0.15, -0.1) is 0 Å². The van der Waals surface area contributed by atoms with E-state index in [0.717, 1.165) is 12.8 Å². The Morgan fingerprint density at radius 3 is 2.74 bits per heavy atom. The standard InChI is InChI=1S/C13H22BrN3O2/c1-9(2)8-17-13(19)12(14)11(7-16-17)15-6-4-5-10(3)18/h7,9-10,15,18H,4-6,8H2,1-3H3. The van der Waals surface area contributed by atoms with Crippen LogP contribution in [0.5, 0.6) is 0 Å². The molecule has 1 aromatic heterocycles. The van der Waals surface area contributed by atoms with Crippen molar-refractivity contribution in [1.29, 1.82) is 0 Å². The minimum Gasteiger partial charge on any atom is -0.393 e. The van der Waals surface area contributed by atoms with Crippen LogP contribution < -0.4 is 10.9 Å². The zero-order valence-corrected chi connectivity index (χ0v) is 13.3. The predicted molar refractivity (Wildman–Crippen MR) is 80.4 cm³/mol. The molecule has 1 rings (SSSR count). The van der Waals surface area contributed by atoms with Gasteiger partial charge in [0.25, 0.3) is 5.56 Å². The van der Waals surface area contributed by atoms with Gasteiger partial charge >= 0.3 is 0 Å². The fraction of sp³-hybridized carbons (Fsp3) is 0.692. The SMILES string of the molecule is CC(C)Cn1ncc(NCCCC(C)O)c(Br)c1=O. The van der Waals surface area contributed by atoms with Crippen LogP contribution in [0.25, 0.3) is 0 Å². The largest absolute Gasteiger partial charge is 0.393 e. The molecule has 2 N–H and O–H groups in total. The molecule has 1 aromatic rings. The Labute approximate surface area is 122 Å². The molecule has 0 saturated carbocycles. The van der Waals surface area contributed by atoms with E-state index in [0.29, 0.717) is 29.2 Å². The molecule has 0 saturated heterocycles. The smallest absolute Gasteiger partial charge is 0.283 e. The van der Waals surface area contributed by atoms with E-state index < -0.39 is 0 Å². The summed E-state index contributed by atoms with van der Waals surface area (Å²) in [5, 5.41) is 16.5. The minimum absolute atomic E-state index is 0.116. The van der Waals surface area contributed by atoms with Crippen molar-refractivity contribution in [2.75, 3.05) is 11.9 Å². The first-order valence-corrected chi connectivity index (χ1v) is 7.38. The quantitative estimate of drug-likeness (QED) is 0.752. The Kier molecular flexibility index (Phi) is 6.51. The number of nitrogens with zero attached hydrogens (tertiary/aromatic N) is 2. The van der Waals surface area contributed by atoms with Crippen LogP contribution >= 0.6 is 15.9 Å². The van der Waals surface area contributed by atoms with Gasteiger partial charge in [0.05, 0.1) is 18.0 Å². The Bertz CT molecular complexity index is 458. The maximum atomic E-state index is 12.0. The number of hydrogen-bond acceptors (Lipinski definition) is 4. The Hall–Kier alpha value is -0.880. The first-order chi connectivity index (χ1) is 8.91. The number of aromatic nitrogens is 2. The van der Waals surface area contributed by atoms with Gasteiger partial charge in [0.15, 0.2) is 0 Å². The van der Waals surface area contributed by atoms with Gasteiger partial charge in [0.1, 0.15) is 4.47 Å². The second-order valence-electron chi connectivity index (χ2n) is 5.17. The highest BCUT2D eigenvalue weighted by molar-refractivity contribution is 9.10. The number of aliphatic hydroxyl groups excluding tert-OH is 1. The van der Waals surface area contributed by atoms with Crippen LogP contribution in [0.4, 0.5) is 5.69 Å². The lowest BCUT2D eigenvalue weighted by Gasteiger charge is -2.12. The molecule has 0 aliphatic carbocycles. The highest BCUT2D eigenvalue weighted by atomic mass is 79.9. The Balaban J connectivity index is 2.66. The van der Waals surface area contributed by atoms with E-state index in [1.54, 1.807) is 13.1 Å². The maximum Gasteiger partial charge on any atom is 0.283 e. The molecule has 1 unspecified atom stereocenters. The summed E-state index contributed by atoms with van der Waals surface area (Å²) in [4.78, 5) is 12.0. The Morgan fingerprint density at radius 2 is 2.16 bits per heavy atom. The van der Waals surface area contributed by atoms with E-state index in [4.69, 9.17) is 5.11 Å². The molecule has 6 heteroatoms. The lowest BCUT2D eigenvalue weighted by Crippen LogP contribution is -2.26. The van der Waals surface area contributed by atoms with E-state index in [-0.39, 0.29) is 11.7 Å². The number of halogens is 1. The first-order valence-electron chi connectivity index (χ1n) is 6.59. The predicted octanol–water partition coefficient (Wildman–Crippen LogP) is 2.23. The van der Waals surface area contributed by atoms with Crippen LogP contribution in [-0.4, -0.2) is 27.5 Å². The lowest BCUT2D eigenvalue weighted by atomic mass is 10.2. The average molecular weight is 332 g/mol. The van der Waals surface area contributed by atoms with Crippen LogP contribution in [0.2, 0.25) is 0 Å². The zero-order valence-electron chi connectivity index (χ0n) is 11.7. The Morgan fingerprint density at radius 1 is 1.47 bits per heavy atom. The average Bonchev–Trinajstić information content (AvgIpc) is 2.32. The molecule has 1 atom stereocenters. The molecule has 0 radical (unpaired) electrons. The van der Waals surface area contributed by atoms with Crippen molar-refractivity contribution in [3.63, 3.8) is 0 Å². The number of rotatable bonds is 7. The summed E-state index contributed by atoms with van der Waals surface area (Å²) in [5.41, 5.74) is 0.588. The van der Waals surface area contributed by atoms with Crippen LogP contribution in [0.15, 0.2) is 15.5 Å².